The van der Waals surface area contributed by atoms with E-state index in [0.717, 1.165) is 31.6 Å². The van der Waals surface area contributed by atoms with Crippen LogP contribution in [-0.2, 0) is 9.53 Å². The van der Waals surface area contributed by atoms with E-state index >= 15 is 0 Å². The summed E-state index contributed by atoms with van der Waals surface area (Å²) in [6, 6.07) is -0.342. The molecule has 0 heterocycles. The summed E-state index contributed by atoms with van der Waals surface area (Å²) < 4.78 is 5.13. The Bertz CT molecular complexity index is 342. The van der Waals surface area contributed by atoms with Gasteiger partial charge in [-0.2, -0.15) is 0 Å². The first kappa shape index (κ1) is 16.8. The van der Waals surface area contributed by atoms with Crippen molar-refractivity contribution in [1.29, 1.82) is 0 Å². The first-order valence-corrected chi connectivity index (χ1v) is 7.47. The van der Waals surface area contributed by atoms with Crippen LogP contribution in [0.1, 0.15) is 60.3 Å². The smallest absolute Gasteiger partial charge is 0.408 e. The summed E-state index contributed by atoms with van der Waals surface area (Å²) in [6.45, 7) is 9.29. The van der Waals surface area contributed by atoms with E-state index < -0.39 is 17.7 Å². The van der Waals surface area contributed by atoms with E-state index in [1.807, 2.05) is 0 Å². The molecule has 0 spiro atoms. The van der Waals surface area contributed by atoms with E-state index in [2.05, 4.69) is 17.6 Å². The zero-order valence-corrected chi connectivity index (χ0v) is 13.3. The molecule has 1 rings (SSSR count). The van der Waals surface area contributed by atoms with Crippen LogP contribution >= 0.6 is 0 Å². The van der Waals surface area contributed by atoms with E-state index in [1.54, 1.807) is 27.7 Å². The summed E-state index contributed by atoms with van der Waals surface area (Å²) in [6.07, 6.45) is 3.79. The SMILES string of the molecule is CC1CCC(NC(=O)C(C)NC(=O)OC(C)(C)C)CC1. The molecule has 0 radical (unpaired) electrons. The molecule has 1 fully saturated rings. The Morgan fingerprint density at radius 3 is 2.20 bits per heavy atom. The van der Waals surface area contributed by atoms with E-state index in [1.165, 1.54) is 0 Å². The number of carbonyl (C=O) groups excluding carboxylic acids is 2. The molecule has 5 nitrogen and oxygen atoms in total. The highest BCUT2D eigenvalue weighted by Gasteiger charge is 2.24. The molecule has 20 heavy (non-hydrogen) atoms. The zero-order valence-electron chi connectivity index (χ0n) is 13.3. The maximum Gasteiger partial charge on any atom is 0.408 e. The summed E-state index contributed by atoms with van der Waals surface area (Å²) in [5, 5.41) is 5.56. The Morgan fingerprint density at radius 1 is 1.15 bits per heavy atom. The number of rotatable bonds is 3. The lowest BCUT2D eigenvalue weighted by atomic mass is 9.87. The van der Waals surface area contributed by atoms with Crippen molar-refractivity contribution in [3.05, 3.63) is 0 Å². The second-order valence-corrected chi connectivity index (χ2v) is 6.83. The fourth-order valence-corrected chi connectivity index (χ4v) is 2.28. The van der Waals surface area contributed by atoms with Crippen molar-refractivity contribution in [2.45, 2.75) is 78.0 Å². The molecule has 0 aromatic carbocycles. The van der Waals surface area contributed by atoms with Gasteiger partial charge in [-0.3, -0.25) is 4.79 Å². The van der Waals surface area contributed by atoms with Gasteiger partial charge in [-0.05, 0) is 59.3 Å². The molecule has 0 aromatic rings. The van der Waals surface area contributed by atoms with Crippen LogP contribution < -0.4 is 10.6 Å². The Morgan fingerprint density at radius 2 is 1.70 bits per heavy atom. The van der Waals surface area contributed by atoms with Crippen LogP contribution in [0, 0.1) is 5.92 Å². The molecule has 1 atom stereocenters. The lowest BCUT2D eigenvalue weighted by Gasteiger charge is -2.28. The lowest BCUT2D eigenvalue weighted by Crippen LogP contribution is -2.49. The standard InChI is InChI=1S/C15H28N2O3/c1-10-6-8-12(9-7-10)17-13(18)11(2)16-14(19)20-15(3,4)5/h10-12H,6-9H2,1-5H3,(H,16,19)(H,17,18). The van der Waals surface area contributed by atoms with Gasteiger partial charge in [0, 0.05) is 6.04 Å². The summed E-state index contributed by atoms with van der Waals surface area (Å²) >= 11 is 0. The third-order valence-electron chi connectivity index (χ3n) is 3.49. The van der Waals surface area contributed by atoms with Gasteiger partial charge in [0.2, 0.25) is 5.91 Å². The summed E-state index contributed by atoms with van der Waals surface area (Å²) in [7, 11) is 0. The largest absolute Gasteiger partial charge is 0.444 e. The molecule has 5 heteroatoms. The fraction of sp³-hybridized carbons (Fsp3) is 0.867. The van der Waals surface area contributed by atoms with Gasteiger partial charge in [0.25, 0.3) is 0 Å². The van der Waals surface area contributed by atoms with Gasteiger partial charge in [-0.15, -0.1) is 0 Å². The topological polar surface area (TPSA) is 67.4 Å². The predicted molar refractivity (Wildman–Crippen MR) is 78.4 cm³/mol. The molecule has 0 aliphatic heterocycles. The number of alkyl carbamates (subject to hydrolysis) is 1. The minimum absolute atomic E-state index is 0.143. The van der Waals surface area contributed by atoms with Crippen molar-refractivity contribution >= 4 is 12.0 Å². The average Bonchev–Trinajstić information content (AvgIpc) is 2.29. The van der Waals surface area contributed by atoms with Crippen molar-refractivity contribution in [3.63, 3.8) is 0 Å². The van der Waals surface area contributed by atoms with Gasteiger partial charge in [-0.25, -0.2) is 4.79 Å². The monoisotopic (exact) mass is 284 g/mol. The Balaban J connectivity index is 2.34. The van der Waals surface area contributed by atoms with Gasteiger partial charge in [-0.1, -0.05) is 6.92 Å². The van der Waals surface area contributed by atoms with Crippen LogP contribution in [0.5, 0.6) is 0 Å². The molecule has 1 aliphatic carbocycles. The maximum absolute atomic E-state index is 12.0. The third-order valence-corrected chi connectivity index (χ3v) is 3.49. The van der Waals surface area contributed by atoms with Crippen LogP contribution in [0.4, 0.5) is 4.79 Å². The number of amides is 2. The average molecular weight is 284 g/mol. The first-order valence-electron chi connectivity index (χ1n) is 7.47. The van der Waals surface area contributed by atoms with Gasteiger partial charge in [0.05, 0.1) is 0 Å². The first-order chi connectivity index (χ1) is 9.17. The highest BCUT2D eigenvalue weighted by Crippen LogP contribution is 2.23. The number of ether oxygens (including phenoxy) is 1. The highest BCUT2D eigenvalue weighted by molar-refractivity contribution is 5.85. The Kier molecular flexibility index (Phi) is 5.84. The molecular formula is C15H28N2O3. The van der Waals surface area contributed by atoms with Crippen molar-refractivity contribution in [1.82, 2.24) is 10.6 Å². The normalized spacial score (nSPS) is 24.6. The van der Waals surface area contributed by atoms with Crippen LogP contribution in [0.2, 0.25) is 0 Å². The highest BCUT2D eigenvalue weighted by atomic mass is 16.6. The Hall–Kier alpha value is -1.26. The maximum atomic E-state index is 12.0. The fourth-order valence-electron chi connectivity index (χ4n) is 2.28. The van der Waals surface area contributed by atoms with Gasteiger partial charge in [0.1, 0.15) is 11.6 Å². The van der Waals surface area contributed by atoms with Crippen molar-refractivity contribution in [2.24, 2.45) is 5.92 Å². The molecule has 1 aliphatic rings. The number of hydrogen-bond acceptors (Lipinski definition) is 3. The summed E-state index contributed by atoms with van der Waals surface area (Å²) in [5.74, 6) is 0.607. The van der Waals surface area contributed by atoms with Crippen molar-refractivity contribution < 1.29 is 14.3 Å². The predicted octanol–water partition coefficient (Wildman–Crippen LogP) is 2.59. The minimum atomic E-state index is -0.579. The number of hydrogen-bond donors (Lipinski definition) is 2. The molecule has 1 unspecified atom stereocenters. The van der Waals surface area contributed by atoms with Crippen molar-refractivity contribution in [2.75, 3.05) is 0 Å². The molecule has 116 valence electrons. The quantitative estimate of drug-likeness (QED) is 0.837. The van der Waals surface area contributed by atoms with Crippen molar-refractivity contribution in [3.8, 4) is 0 Å². The Labute approximate surface area is 121 Å². The molecule has 0 saturated heterocycles. The molecule has 2 N–H and O–H groups in total. The van der Waals surface area contributed by atoms with Gasteiger partial charge in [0.15, 0.2) is 0 Å². The molecular weight excluding hydrogens is 256 g/mol. The van der Waals surface area contributed by atoms with Crippen LogP contribution in [0.3, 0.4) is 0 Å². The van der Waals surface area contributed by atoms with Crippen LogP contribution in [0.15, 0.2) is 0 Å². The summed E-state index contributed by atoms with van der Waals surface area (Å²) in [4.78, 5) is 23.6. The van der Waals surface area contributed by atoms with Gasteiger partial charge >= 0.3 is 6.09 Å². The number of carbonyl (C=O) groups is 2. The second-order valence-electron chi connectivity index (χ2n) is 6.83. The molecule has 1 saturated carbocycles. The van der Waals surface area contributed by atoms with E-state index in [9.17, 15) is 9.59 Å². The van der Waals surface area contributed by atoms with E-state index in [0.29, 0.717) is 0 Å². The minimum Gasteiger partial charge on any atom is -0.444 e. The second kappa shape index (κ2) is 6.95. The van der Waals surface area contributed by atoms with E-state index in [-0.39, 0.29) is 11.9 Å². The van der Waals surface area contributed by atoms with Gasteiger partial charge < -0.3 is 15.4 Å². The van der Waals surface area contributed by atoms with E-state index in [4.69, 9.17) is 4.74 Å². The lowest BCUT2D eigenvalue weighted by molar-refractivity contribution is -0.123. The number of nitrogens with one attached hydrogen (secondary N) is 2. The molecule has 0 bridgehead atoms. The zero-order chi connectivity index (χ0) is 15.3. The molecule has 0 aromatic heterocycles. The molecule has 2 amide bonds. The summed E-state index contributed by atoms with van der Waals surface area (Å²) in [5.41, 5.74) is -0.556. The van der Waals surface area contributed by atoms with Crippen LogP contribution in [-0.4, -0.2) is 29.7 Å². The van der Waals surface area contributed by atoms with Crippen LogP contribution in [0.25, 0.3) is 0 Å². The third kappa shape index (κ3) is 6.26.